The Balaban J connectivity index is 2.19. The van der Waals surface area contributed by atoms with Crippen LogP contribution in [0, 0.1) is 6.92 Å². The maximum Gasteiger partial charge on any atom is 0.433 e. The molecule has 0 radical (unpaired) electrons. The molecular formula is C16H25N3O2. The Hall–Kier alpha value is -1.78. The summed E-state index contributed by atoms with van der Waals surface area (Å²) in [6.07, 6.45) is 3.35. The Morgan fingerprint density at radius 2 is 2.10 bits per heavy atom. The number of hydrogen-bond acceptors (Lipinski definition) is 3. The first-order valence-corrected chi connectivity index (χ1v) is 7.58. The van der Waals surface area contributed by atoms with E-state index >= 15 is 0 Å². The van der Waals surface area contributed by atoms with E-state index in [1.54, 1.807) is 0 Å². The van der Waals surface area contributed by atoms with E-state index in [9.17, 15) is 4.79 Å². The molecule has 5 heteroatoms. The zero-order valence-corrected chi connectivity index (χ0v) is 13.6. The minimum atomic E-state index is -0.507. The molecule has 0 spiro atoms. The van der Waals surface area contributed by atoms with Gasteiger partial charge in [0.15, 0.2) is 0 Å². The lowest BCUT2D eigenvalue weighted by molar-refractivity contribution is 0.141. The molecule has 1 aliphatic rings. The molecule has 0 saturated heterocycles. The minimum absolute atomic E-state index is 0.325. The third-order valence-corrected chi connectivity index (χ3v) is 3.59. The van der Waals surface area contributed by atoms with Crippen LogP contribution in [0.2, 0.25) is 0 Å². The predicted molar refractivity (Wildman–Crippen MR) is 83.8 cm³/mol. The van der Waals surface area contributed by atoms with Gasteiger partial charge in [0.25, 0.3) is 0 Å². The number of nitrogens with one attached hydrogen (secondary N) is 2. The van der Waals surface area contributed by atoms with Crippen LogP contribution in [-0.2, 0) is 17.7 Å². The molecule has 5 nitrogen and oxygen atoms in total. The first-order valence-electron chi connectivity index (χ1n) is 7.58. The molecule has 1 aromatic rings. The predicted octanol–water partition coefficient (Wildman–Crippen LogP) is 3.45. The highest BCUT2D eigenvalue weighted by Crippen LogP contribution is 2.27. The first kappa shape index (κ1) is 15.6. The van der Waals surface area contributed by atoms with Crippen molar-refractivity contribution < 1.29 is 9.63 Å². The van der Waals surface area contributed by atoms with E-state index < -0.39 is 6.09 Å². The normalized spacial score (nSPS) is 16.7. The van der Waals surface area contributed by atoms with Crippen molar-refractivity contribution in [1.29, 1.82) is 0 Å². The molecule has 0 aliphatic heterocycles. The third kappa shape index (κ3) is 3.65. The minimum Gasteiger partial charge on any atom is -0.362 e. The number of carbonyl (C=O) groups is 1. The zero-order valence-electron chi connectivity index (χ0n) is 13.6. The molecule has 2 rings (SSSR count). The van der Waals surface area contributed by atoms with Crippen LogP contribution in [-0.4, -0.2) is 22.3 Å². The van der Waals surface area contributed by atoms with Crippen LogP contribution in [0.25, 0.3) is 0 Å². The maximum absolute atomic E-state index is 11.7. The lowest BCUT2D eigenvalue weighted by atomic mass is 9.92. The summed E-state index contributed by atoms with van der Waals surface area (Å²) < 4.78 is 0. The van der Waals surface area contributed by atoms with Gasteiger partial charge >= 0.3 is 6.09 Å². The Morgan fingerprint density at radius 3 is 2.71 bits per heavy atom. The molecule has 0 aromatic carbocycles. The number of hydrogen-bond donors (Lipinski definition) is 2. The van der Waals surface area contributed by atoms with Crippen molar-refractivity contribution in [3.8, 4) is 0 Å². The van der Waals surface area contributed by atoms with E-state index in [-0.39, 0.29) is 5.54 Å². The molecule has 116 valence electrons. The number of rotatable bonds is 2. The van der Waals surface area contributed by atoms with E-state index in [1.807, 2.05) is 20.8 Å². The van der Waals surface area contributed by atoms with Crippen molar-refractivity contribution in [2.45, 2.75) is 65.8 Å². The van der Waals surface area contributed by atoms with Crippen molar-refractivity contribution in [2.75, 3.05) is 0 Å². The Labute approximate surface area is 126 Å². The second kappa shape index (κ2) is 5.92. The van der Waals surface area contributed by atoms with Crippen LogP contribution in [0.15, 0.2) is 5.16 Å². The molecule has 0 atom stereocenters. The largest absolute Gasteiger partial charge is 0.433 e. The van der Waals surface area contributed by atoms with E-state index in [4.69, 9.17) is 4.84 Å². The lowest BCUT2D eigenvalue weighted by Crippen LogP contribution is -2.40. The molecule has 0 unspecified atom stereocenters. The van der Waals surface area contributed by atoms with E-state index in [2.05, 4.69) is 29.3 Å². The van der Waals surface area contributed by atoms with Crippen LogP contribution in [0.3, 0.4) is 0 Å². The highest BCUT2D eigenvalue weighted by Gasteiger charge is 2.23. The zero-order chi connectivity index (χ0) is 15.6. The summed E-state index contributed by atoms with van der Waals surface area (Å²) in [7, 11) is 0. The van der Waals surface area contributed by atoms with Gasteiger partial charge in [-0.05, 0) is 58.9 Å². The Bertz CT molecular complexity index is 565. The number of fused-ring (bicyclic) bond motifs is 1. The van der Waals surface area contributed by atoms with Crippen molar-refractivity contribution >= 4 is 11.8 Å². The van der Waals surface area contributed by atoms with Gasteiger partial charge in [0.1, 0.15) is 0 Å². The fourth-order valence-electron chi connectivity index (χ4n) is 2.79. The number of carbonyl (C=O) groups excluding carboxylic acids is 1. The molecule has 0 saturated carbocycles. The molecule has 0 bridgehead atoms. The monoisotopic (exact) mass is 291 g/mol. The highest BCUT2D eigenvalue weighted by atomic mass is 16.7. The standard InChI is InChI=1S/C16H25N3O2/c1-6-11-10(2)17-12-8-7-9-13(14(11)12)19-21-15(20)18-16(3,4)5/h17H,6-9H2,1-5H3,(H,18,20). The van der Waals surface area contributed by atoms with Gasteiger partial charge < -0.3 is 10.3 Å². The highest BCUT2D eigenvalue weighted by molar-refractivity contribution is 6.04. The summed E-state index contributed by atoms with van der Waals surface area (Å²) in [5.41, 5.74) is 5.40. The van der Waals surface area contributed by atoms with Crippen molar-refractivity contribution in [3.05, 3.63) is 22.5 Å². The third-order valence-electron chi connectivity index (χ3n) is 3.59. The fraction of sp³-hybridized carbons (Fsp3) is 0.625. The first-order chi connectivity index (χ1) is 9.81. The number of aryl methyl sites for hydroxylation is 2. The number of aromatic nitrogens is 1. The van der Waals surface area contributed by atoms with Gasteiger partial charge in [-0.1, -0.05) is 12.1 Å². The van der Waals surface area contributed by atoms with Gasteiger partial charge in [0, 0.05) is 22.5 Å². The number of oxime groups is 1. The summed E-state index contributed by atoms with van der Waals surface area (Å²) in [6, 6.07) is 0. The molecular weight excluding hydrogens is 266 g/mol. The smallest absolute Gasteiger partial charge is 0.362 e. The van der Waals surface area contributed by atoms with Crippen molar-refractivity contribution in [2.24, 2.45) is 5.16 Å². The quantitative estimate of drug-likeness (QED) is 0.647. The SMILES string of the molecule is CCc1c(C)[nH]c2c1C(=NOC(=O)NC(C)(C)C)CCC2. The number of aromatic amines is 1. The molecule has 0 fully saturated rings. The summed E-state index contributed by atoms with van der Waals surface area (Å²) in [4.78, 5) is 20.2. The average molecular weight is 291 g/mol. The van der Waals surface area contributed by atoms with Crippen LogP contribution >= 0.6 is 0 Å². The van der Waals surface area contributed by atoms with Crippen LogP contribution in [0.1, 0.15) is 63.1 Å². The number of nitrogens with zero attached hydrogens (tertiary/aromatic N) is 1. The van der Waals surface area contributed by atoms with Crippen molar-refractivity contribution in [3.63, 3.8) is 0 Å². The van der Waals surface area contributed by atoms with Gasteiger partial charge in [-0.2, -0.15) is 0 Å². The second-order valence-corrected chi connectivity index (χ2v) is 6.58. The molecule has 1 aromatic heterocycles. The summed E-state index contributed by atoms with van der Waals surface area (Å²) in [5.74, 6) is 0. The van der Waals surface area contributed by atoms with Crippen LogP contribution in [0.5, 0.6) is 0 Å². The van der Waals surface area contributed by atoms with Crippen molar-refractivity contribution in [1.82, 2.24) is 10.3 Å². The summed E-state index contributed by atoms with van der Waals surface area (Å²) >= 11 is 0. The van der Waals surface area contributed by atoms with E-state index in [1.165, 1.54) is 17.0 Å². The molecule has 1 aliphatic carbocycles. The second-order valence-electron chi connectivity index (χ2n) is 6.58. The number of H-pyrrole nitrogens is 1. The van der Waals surface area contributed by atoms with Gasteiger partial charge in [-0.3, -0.25) is 4.84 Å². The Morgan fingerprint density at radius 1 is 1.38 bits per heavy atom. The molecule has 1 amide bonds. The fourth-order valence-corrected chi connectivity index (χ4v) is 2.79. The molecule has 21 heavy (non-hydrogen) atoms. The topological polar surface area (TPSA) is 66.5 Å². The Kier molecular flexibility index (Phi) is 4.40. The maximum atomic E-state index is 11.7. The van der Waals surface area contributed by atoms with E-state index in [0.717, 1.165) is 37.0 Å². The summed E-state index contributed by atoms with van der Waals surface area (Å²) in [6.45, 7) is 9.94. The molecule has 2 N–H and O–H groups in total. The van der Waals surface area contributed by atoms with Gasteiger partial charge in [0.05, 0.1) is 5.71 Å². The van der Waals surface area contributed by atoms with Crippen LogP contribution < -0.4 is 5.32 Å². The molecule has 1 heterocycles. The lowest BCUT2D eigenvalue weighted by Gasteiger charge is -2.19. The van der Waals surface area contributed by atoms with Gasteiger partial charge in [-0.15, -0.1) is 0 Å². The van der Waals surface area contributed by atoms with Gasteiger partial charge in [-0.25, -0.2) is 4.79 Å². The van der Waals surface area contributed by atoms with Crippen LogP contribution in [0.4, 0.5) is 4.79 Å². The van der Waals surface area contributed by atoms with E-state index in [0.29, 0.717) is 0 Å². The average Bonchev–Trinajstić information content (AvgIpc) is 2.70. The summed E-state index contributed by atoms with van der Waals surface area (Å²) in [5, 5.41) is 6.86. The van der Waals surface area contributed by atoms with Gasteiger partial charge in [0.2, 0.25) is 0 Å². The number of amides is 1.